The Morgan fingerprint density at radius 1 is 0.685 bits per heavy atom. The number of aromatic nitrogens is 9. The van der Waals surface area contributed by atoms with Crippen LogP contribution in [0.4, 0.5) is 0 Å². The summed E-state index contributed by atoms with van der Waals surface area (Å²) in [7, 11) is 6.87. The Bertz CT molecular complexity index is 2680. The van der Waals surface area contributed by atoms with Crippen molar-refractivity contribution >= 4 is 55.6 Å². The fourth-order valence-corrected chi connectivity index (χ4v) is 7.31. The van der Waals surface area contributed by atoms with Gasteiger partial charge in [-0.1, -0.05) is 12.2 Å². The van der Waals surface area contributed by atoms with E-state index in [0.717, 1.165) is 66.6 Å². The number of rotatable bonds is 10. The normalized spacial score (nSPS) is 11.9. The van der Waals surface area contributed by atoms with Crippen LogP contribution in [0.1, 0.15) is 32.1 Å². The summed E-state index contributed by atoms with van der Waals surface area (Å²) < 4.78 is 19.4. The first-order valence-corrected chi connectivity index (χ1v) is 17.1. The molecule has 0 spiro atoms. The van der Waals surface area contributed by atoms with Crippen LogP contribution in [-0.2, 0) is 27.2 Å². The van der Waals surface area contributed by atoms with Gasteiger partial charge in [0.15, 0.2) is 5.82 Å². The van der Waals surface area contributed by atoms with E-state index in [1.165, 1.54) is 0 Å². The molecule has 6 aromatic heterocycles. The second kappa shape index (κ2) is 12.9. The van der Waals surface area contributed by atoms with Gasteiger partial charge in [-0.15, -0.1) is 0 Å². The number of hydrogen-bond acceptors (Lipinski definition) is 9. The van der Waals surface area contributed by atoms with Gasteiger partial charge < -0.3 is 30.1 Å². The summed E-state index contributed by atoms with van der Waals surface area (Å²) in [5, 5.41) is 12.1. The number of nitrogens with zero attached hydrogens (tertiary/aromatic N) is 9. The molecule has 0 aliphatic rings. The lowest BCUT2D eigenvalue weighted by molar-refractivity contribution is 0.0991. The summed E-state index contributed by atoms with van der Waals surface area (Å²) in [6.07, 6.45) is 7.67. The van der Waals surface area contributed by atoms with Gasteiger partial charge in [-0.3, -0.25) is 23.9 Å². The minimum atomic E-state index is -0.569. The second-order valence-corrected chi connectivity index (χ2v) is 13.2. The highest BCUT2D eigenvalue weighted by molar-refractivity contribution is 6.13. The third-order valence-electron chi connectivity index (χ3n) is 9.71. The number of ether oxygens (including phenoxy) is 2. The second-order valence-electron chi connectivity index (χ2n) is 13.2. The SMILES string of the molecule is COc1cc(C(N)=O)cc2c3cnc(-c4cc(C)nn4C)cc3n(C/C=C/Cn3c4nc(-c5cc(C)nn5C)ncc4c4cc(C(N)=O)cc(OC)c43)c12. The quantitative estimate of drug-likeness (QED) is 0.184. The first-order valence-electron chi connectivity index (χ1n) is 17.1. The molecule has 2 amide bonds. The number of methoxy groups -OCH3 is 2. The van der Waals surface area contributed by atoms with Crippen molar-refractivity contribution in [1.82, 2.24) is 43.6 Å². The van der Waals surface area contributed by atoms with Crippen LogP contribution in [0.15, 0.2) is 67.0 Å². The summed E-state index contributed by atoms with van der Waals surface area (Å²) in [6.45, 7) is 4.69. The van der Waals surface area contributed by atoms with Crippen molar-refractivity contribution in [2.45, 2.75) is 26.9 Å². The summed E-state index contributed by atoms with van der Waals surface area (Å²) in [5.74, 6) is 0.374. The number of fused-ring (bicyclic) bond motifs is 6. The Morgan fingerprint density at radius 2 is 1.22 bits per heavy atom. The lowest BCUT2D eigenvalue weighted by atomic mass is 10.1. The maximum absolute atomic E-state index is 12.3. The van der Waals surface area contributed by atoms with Crippen LogP contribution >= 0.6 is 0 Å². The minimum absolute atomic E-state index is 0.315. The van der Waals surface area contributed by atoms with Crippen molar-refractivity contribution in [1.29, 1.82) is 0 Å². The molecule has 0 atom stereocenters. The molecule has 0 saturated heterocycles. The standard InChI is InChI=1S/C39H37N11O4/c1-20-11-30(47(3)45-20)28-17-29-26(18-42-28)24-13-22(36(40)51)15-32(53-5)34(24)49(29)9-7-8-10-50-35-25(14-23(37(41)52)16-33(35)54-6)27-19-43-38(44-39(27)50)31-12-21(2)46-48(31)4/h7-8,11-19H,9-10H2,1-6H3,(H2,40,51)(H2,41,52)/b8-7+. The van der Waals surface area contributed by atoms with Gasteiger partial charge in [-0.05, 0) is 56.3 Å². The van der Waals surface area contributed by atoms with Crippen LogP contribution in [0, 0.1) is 13.8 Å². The predicted octanol–water partition coefficient (Wildman–Crippen LogP) is 4.98. The van der Waals surface area contributed by atoms with E-state index in [-0.39, 0.29) is 0 Å². The molecule has 0 aliphatic heterocycles. The third-order valence-corrected chi connectivity index (χ3v) is 9.71. The zero-order chi connectivity index (χ0) is 38.0. The molecule has 272 valence electrons. The van der Waals surface area contributed by atoms with E-state index in [1.54, 1.807) is 54.0 Å². The zero-order valence-electron chi connectivity index (χ0n) is 30.6. The van der Waals surface area contributed by atoms with Crippen LogP contribution in [0.3, 0.4) is 0 Å². The van der Waals surface area contributed by atoms with E-state index < -0.39 is 11.8 Å². The maximum Gasteiger partial charge on any atom is 0.248 e. The van der Waals surface area contributed by atoms with E-state index in [9.17, 15) is 9.59 Å². The van der Waals surface area contributed by atoms with Crippen molar-refractivity contribution in [2.24, 2.45) is 25.6 Å². The molecule has 4 N–H and O–H groups in total. The van der Waals surface area contributed by atoms with Crippen LogP contribution in [0.5, 0.6) is 11.5 Å². The van der Waals surface area contributed by atoms with Crippen LogP contribution in [0.2, 0.25) is 0 Å². The summed E-state index contributed by atoms with van der Waals surface area (Å²) in [4.78, 5) is 39.2. The number of allylic oxidation sites excluding steroid dienone is 2. The van der Waals surface area contributed by atoms with Crippen molar-refractivity contribution in [3.8, 4) is 34.4 Å². The van der Waals surface area contributed by atoms with Gasteiger partial charge in [0.25, 0.3) is 0 Å². The average molecular weight is 724 g/mol. The van der Waals surface area contributed by atoms with Crippen molar-refractivity contribution < 1.29 is 19.1 Å². The largest absolute Gasteiger partial charge is 0.495 e. The molecule has 6 heterocycles. The molecule has 0 saturated carbocycles. The molecule has 54 heavy (non-hydrogen) atoms. The fourth-order valence-electron chi connectivity index (χ4n) is 7.31. The lowest BCUT2D eigenvalue weighted by Gasteiger charge is -2.11. The number of carbonyl (C=O) groups is 2. The number of pyridine rings is 1. The Labute approximate surface area is 308 Å². The van der Waals surface area contributed by atoms with E-state index in [0.29, 0.717) is 47.2 Å². The number of primary amides is 2. The Balaban J connectivity index is 1.27. The molecule has 15 heteroatoms. The number of hydrogen-bond donors (Lipinski definition) is 2. The van der Waals surface area contributed by atoms with E-state index in [2.05, 4.69) is 25.8 Å². The average Bonchev–Trinajstić information content (AvgIpc) is 3.87. The van der Waals surface area contributed by atoms with Gasteiger partial charge in [0.1, 0.15) is 22.8 Å². The molecule has 0 unspecified atom stereocenters. The van der Waals surface area contributed by atoms with E-state index in [4.69, 9.17) is 30.9 Å². The smallest absolute Gasteiger partial charge is 0.248 e. The highest BCUT2D eigenvalue weighted by Gasteiger charge is 2.22. The first-order chi connectivity index (χ1) is 26.0. The Kier molecular flexibility index (Phi) is 8.13. The maximum atomic E-state index is 12.3. The predicted molar refractivity (Wildman–Crippen MR) is 205 cm³/mol. The molecular weight excluding hydrogens is 687 g/mol. The van der Waals surface area contributed by atoms with Gasteiger partial charge in [-0.2, -0.15) is 10.2 Å². The Morgan fingerprint density at radius 3 is 1.78 bits per heavy atom. The van der Waals surface area contributed by atoms with Crippen molar-refractivity contribution in [3.63, 3.8) is 0 Å². The molecule has 8 aromatic rings. The van der Waals surface area contributed by atoms with Crippen LogP contribution < -0.4 is 20.9 Å². The monoisotopic (exact) mass is 723 g/mol. The summed E-state index contributed by atoms with van der Waals surface area (Å²) in [5.41, 5.74) is 19.3. The molecule has 8 rings (SSSR count). The zero-order valence-corrected chi connectivity index (χ0v) is 30.6. The van der Waals surface area contributed by atoms with Gasteiger partial charge in [0.2, 0.25) is 11.8 Å². The third kappa shape index (κ3) is 5.48. The molecule has 0 radical (unpaired) electrons. The highest BCUT2D eigenvalue weighted by atomic mass is 16.5. The molecule has 2 aromatic carbocycles. The first kappa shape index (κ1) is 34.1. The van der Waals surface area contributed by atoms with Crippen LogP contribution in [0.25, 0.3) is 66.6 Å². The van der Waals surface area contributed by atoms with Gasteiger partial charge in [0, 0.05) is 72.3 Å². The number of benzene rings is 2. The highest BCUT2D eigenvalue weighted by Crippen LogP contribution is 2.38. The van der Waals surface area contributed by atoms with Gasteiger partial charge in [0.05, 0.1) is 53.5 Å². The van der Waals surface area contributed by atoms with Gasteiger partial charge >= 0.3 is 0 Å². The number of nitrogens with two attached hydrogens (primary N) is 2. The van der Waals surface area contributed by atoms with Gasteiger partial charge in [-0.25, -0.2) is 9.97 Å². The molecule has 0 fully saturated rings. The molecule has 0 aliphatic carbocycles. The summed E-state index contributed by atoms with van der Waals surface area (Å²) >= 11 is 0. The van der Waals surface area contributed by atoms with E-state index in [1.807, 2.05) is 63.0 Å². The number of amides is 2. The van der Waals surface area contributed by atoms with Crippen LogP contribution in [-0.4, -0.2) is 69.7 Å². The molecule has 15 nitrogen and oxygen atoms in total. The Hall–Kier alpha value is -7.03. The fraction of sp³-hybridized carbons (Fsp3) is 0.205. The molecule has 0 bridgehead atoms. The topological polar surface area (TPSA) is 189 Å². The molecular formula is C39H37N11O4. The minimum Gasteiger partial charge on any atom is -0.495 e. The lowest BCUT2D eigenvalue weighted by Crippen LogP contribution is -2.11. The van der Waals surface area contributed by atoms with Crippen molar-refractivity contribution in [2.75, 3.05) is 14.2 Å². The summed E-state index contributed by atoms with van der Waals surface area (Å²) in [6, 6.07) is 12.8. The van der Waals surface area contributed by atoms with Crippen molar-refractivity contribution in [3.05, 3.63) is 89.5 Å². The number of carbonyl (C=O) groups excluding carboxylic acids is 2. The van der Waals surface area contributed by atoms with E-state index >= 15 is 0 Å². The number of aryl methyl sites for hydroxylation is 4.